The van der Waals surface area contributed by atoms with E-state index in [2.05, 4.69) is 38.9 Å². The molecule has 0 radical (unpaired) electrons. The summed E-state index contributed by atoms with van der Waals surface area (Å²) in [7, 11) is 0. The van der Waals surface area contributed by atoms with Crippen LogP contribution in [0.3, 0.4) is 0 Å². The molecule has 4 aromatic rings. The van der Waals surface area contributed by atoms with Crippen LogP contribution in [0.2, 0.25) is 0 Å². The summed E-state index contributed by atoms with van der Waals surface area (Å²) in [5.41, 5.74) is 7.58. The molecule has 0 spiro atoms. The Balaban J connectivity index is 2.07. The maximum Gasteiger partial charge on any atom is 0.0805 e. The van der Waals surface area contributed by atoms with Crippen LogP contribution in [0.4, 0.5) is 0 Å². The standard InChI is InChI=1S/C17H10N2S/c1-2-13-15(18-4-1)7-10-6-11-8-20-9-14(11)12-3-5-19-17(13)16(10)12/h1-5,7-9H,6H2. The third kappa shape index (κ3) is 1.23. The van der Waals surface area contributed by atoms with E-state index in [9.17, 15) is 0 Å². The summed E-state index contributed by atoms with van der Waals surface area (Å²) in [6, 6.07) is 8.46. The quantitative estimate of drug-likeness (QED) is 0.391. The van der Waals surface area contributed by atoms with Crippen LogP contribution in [0, 0.1) is 0 Å². The molecule has 0 aliphatic heterocycles. The van der Waals surface area contributed by atoms with Gasteiger partial charge in [0, 0.05) is 23.2 Å². The van der Waals surface area contributed by atoms with E-state index in [4.69, 9.17) is 0 Å². The van der Waals surface area contributed by atoms with Crippen LogP contribution in [0.25, 0.3) is 32.9 Å². The fraction of sp³-hybridized carbons (Fsp3) is 0.0588. The molecular weight excluding hydrogens is 264 g/mol. The zero-order chi connectivity index (χ0) is 13.1. The molecule has 1 aliphatic rings. The van der Waals surface area contributed by atoms with Crippen molar-refractivity contribution >= 4 is 33.1 Å². The molecule has 0 saturated heterocycles. The monoisotopic (exact) mass is 274 g/mol. The molecule has 0 N–H and O–H groups in total. The Kier molecular flexibility index (Phi) is 1.92. The summed E-state index contributed by atoms with van der Waals surface area (Å²) in [6.07, 6.45) is 4.75. The van der Waals surface area contributed by atoms with Gasteiger partial charge < -0.3 is 0 Å². The Morgan fingerprint density at radius 3 is 2.95 bits per heavy atom. The Morgan fingerprint density at radius 1 is 0.950 bits per heavy atom. The maximum atomic E-state index is 4.63. The highest BCUT2D eigenvalue weighted by atomic mass is 32.1. The molecule has 3 heterocycles. The second-order valence-corrected chi connectivity index (χ2v) is 5.92. The minimum absolute atomic E-state index is 0.987. The predicted molar refractivity (Wildman–Crippen MR) is 83.2 cm³/mol. The van der Waals surface area contributed by atoms with Gasteiger partial charge in [0.1, 0.15) is 0 Å². The minimum Gasteiger partial charge on any atom is -0.256 e. The molecule has 0 amide bonds. The van der Waals surface area contributed by atoms with Crippen LogP contribution < -0.4 is 0 Å². The molecule has 0 saturated carbocycles. The number of hydrogen-bond acceptors (Lipinski definition) is 3. The lowest BCUT2D eigenvalue weighted by molar-refractivity contribution is 1.21. The normalized spacial score (nSPS) is 12.8. The van der Waals surface area contributed by atoms with Crippen LogP contribution in [-0.2, 0) is 6.42 Å². The molecule has 0 unspecified atom stereocenters. The number of thiophene rings is 1. The van der Waals surface area contributed by atoms with E-state index in [-0.39, 0.29) is 0 Å². The van der Waals surface area contributed by atoms with E-state index >= 15 is 0 Å². The van der Waals surface area contributed by atoms with Gasteiger partial charge in [0.2, 0.25) is 0 Å². The average Bonchev–Trinajstić information content (AvgIpc) is 2.96. The first kappa shape index (κ1) is 10.5. The lowest BCUT2D eigenvalue weighted by Crippen LogP contribution is -2.00. The number of nitrogens with zero attached hydrogens (tertiary/aromatic N) is 2. The molecule has 3 aromatic heterocycles. The largest absolute Gasteiger partial charge is 0.256 e. The van der Waals surface area contributed by atoms with Gasteiger partial charge in [-0.15, -0.1) is 0 Å². The van der Waals surface area contributed by atoms with Gasteiger partial charge in [-0.3, -0.25) is 9.97 Å². The molecule has 0 atom stereocenters. The van der Waals surface area contributed by atoms with Crippen LogP contribution in [0.1, 0.15) is 11.1 Å². The van der Waals surface area contributed by atoms with E-state index in [1.165, 1.54) is 27.6 Å². The summed E-state index contributed by atoms with van der Waals surface area (Å²) >= 11 is 1.78. The molecule has 1 aromatic carbocycles. The summed E-state index contributed by atoms with van der Waals surface area (Å²) in [5.74, 6) is 0. The molecule has 20 heavy (non-hydrogen) atoms. The van der Waals surface area contributed by atoms with Crippen molar-refractivity contribution in [1.82, 2.24) is 9.97 Å². The smallest absolute Gasteiger partial charge is 0.0805 e. The van der Waals surface area contributed by atoms with Crippen molar-refractivity contribution in [2.75, 3.05) is 0 Å². The Labute approximate surface area is 119 Å². The van der Waals surface area contributed by atoms with Crippen LogP contribution >= 0.6 is 11.3 Å². The van der Waals surface area contributed by atoms with Gasteiger partial charge in [0.15, 0.2) is 0 Å². The Morgan fingerprint density at radius 2 is 1.95 bits per heavy atom. The first-order valence-corrected chi connectivity index (χ1v) is 7.57. The van der Waals surface area contributed by atoms with Crippen molar-refractivity contribution < 1.29 is 0 Å². The Hall–Kier alpha value is -2.26. The molecular formula is C17H10N2S. The van der Waals surface area contributed by atoms with E-state index in [1.807, 2.05) is 18.5 Å². The Bertz CT molecular complexity index is 985. The zero-order valence-electron chi connectivity index (χ0n) is 10.6. The van der Waals surface area contributed by atoms with Gasteiger partial charge in [0.25, 0.3) is 0 Å². The van der Waals surface area contributed by atoms with E-state index in [0.717, 1.165) is 22.8 Å². The number of fused-ring (bicyclic) bond motifs is 4. The van der Waals surface area contributed by atoms with Crippen LogP contribution in [-0.4, -0.2) is 9.97 Å². The number of benzene rings is 1. The predicted octanol–water partition coefficient (Wildman–Crippen LogP) is 4.42. The molecule has 2 nitrogen and oxygen atoms in total. The van der Waals surface area contributed by atoms with Gasteiger partial charge in [-0.05, 0) is 63.7 Å². The van der Waals surface area contributed by atoms with E-state index in [1.54, 1.807) is 11.3 Å². The number of hydrogen-bond donors (Lipinski definition) is 0. The third-order valence-electron chi connectivity index (χ3n) is 4.09. The molecule has 3 heteroatoms. The summed E-state index contributed by atoms with van der Waals surface area (Å²) in [6.45, 7) is 0. The van der Waals surface area contributed by atoms with Crippen molar-refractivity contribution in [3.05, 3.63) is 58.5 Å². The fourth-order valence-corrected chi connectivity index (χ4v) is 4.08. The average molecular weight is 274 g/mol. The lowest BCUT2D eigenvalue weighted by atomic mass is 9.86. The molecule has 0 bridgehead atoms. The van der Waals surface area contributed by atoms with E-state index < -0.39 is 0 Å². The van der Waals surface area contributed by atoms with Crippen LogP contribution in [0.5, 0.6) is 0 Å². The van der Waals surface area contributed by atoms with Gasteiger partial charge in [-0.25, -0.2) is 0 Å². The highest BCUT2D eigenvalue weighted by Gasteiger charge is 2.20. The molecule has 0 fully saturated rings. The number of aromatic nitrogens is 2. The van der Waals surface area contributed by atoms with Crippen LogP contribution in [0.15, 0.2) is 47.4 Å². The maximum absolute atomic E-state index is 4.63. The second kappa shape index (κ2) is 3.64. The number of pyridine rings is 2. The van der Waals surface area contributed by atoms with Crippen molar-refractivity contribution in [3.63, 3.8) is 0 Å². The highest BCUT2D eigenvalue weighted by molar-refractivity contribution is 7.08. The zero-order valence-corrected chi connectivity index (χ0v) is 11.4. The van der Waals surface area contributed by atoms with Crippen molar-refractivity contribution in [1.29, 1.82) is 0 Å². The molecule has 94 valence electrons. The topological polar surface area (TPSA) is 25.8 Å². The first-order chi connectivity index (χ1) is 9.92. The summed E-state index contributed by atoms with van der Waals surface area (Å²) in [4.78, 5) is 9.13. The second-order valence-electron chi connectivity index (χ2n) is 5.18. The lowest BCUT2D eigenvalue weighted by Gasteiger charge is -2.18. The van der Waals surface area contributed by atoms with Gasteiger partial charge >= 0.3 is 0 Å². The third-order valence-corrected chi connectivity index (χ3v) is 4.88. The minimum atomic E-state index is 0.987. The van der Waals surface area contributed by atoms with Gasteiger partial charge in [-0.2, -0.15) is 11.3 Å². The first-order valence-electron chi connectivity index (χ1n) is 6.62. The van der Waals surface area contributed by atoms with Crippen molar-refractivity contribution in [3.8, 4) is 11.1 Å². The highest BCUT2D eigenvalue weighted by Crippen LogP contribution is 2.42. The molecule has 1 aliphatic carbocycles. The van der Waals surface area contributed by atoms with Gasteiger partial charge in [0.05, 0.1) is 11.0 Å². The van der Waals surface area contributed by atoms with Crippen molar-refractivity contribution in [2.24, 2.45) is 0 Å². The van der Waals surface area contributed by atoms with Gasteiger partial charge in [-0.1, -0.05) is 0 Å². The number of rotatable bonds is 0. The molecule has 5 rings (SSSR count). The summed E-state index contributed by atoms with van der Waals surface area (Å²) < 4.78 is 0. The fourth-order valence-electron chi connectivity index (χ4n) is 3.23. The SMILES string of the molecule is c1cnc2cc3c4c(ccnc4c2c1)-c1cscc1C3. The van der Waals surface area contributed by atoms with E-state index in [0.29, 0.717) is 0 Å². The summed E-state index contributed by atoms with van der Waals surface area (Å²) in [5, 5.41) is 6.96. The van der Waals surface area contributed by atoms with Crippen molar-refractivity contribution in [2.45, 2.75) is 6.42 Å².